The maximum Gasteiger partial charge on any atom is 0.337 e. The molecule has 0 aliphatic rings. The molecule has 1 amide bonds. The number of ether oxygens (including phenoxy) is 1. The van der Waals surface area contributed by atoms with Gasteiger partial charge >= 0.3 is 5.97 Å². The van der Waals surface area contributed by atoms with Gasteiger partial charge in [-0.05, 0) is 36.8 Å². The Hall–Kier alpha value is -3.41. The van der Waals surface area contributed by atoms with Gasteiger partial charge in [0.15, 0.2) is 11.2 Å². The van der Waals surface area contributed by atoms with Crippen LogP contribution in [0.5, 0.6) is 0 Å². The summed E-state index contributed by atoms with van der Waals surface area (Å²) < 4.78 is 10.2. The molecule has 0 saturated heterocycles. The quantitative estimate of drug-likeness (QED) is 0.731. The molecule has 0 radical (unpaired) electrons. The zero-order chi connectivity index (χ0) is 18.7. The molecular formula is C20H17NO5. The molecule has 0 atom stereocenters. The fourth-order valence-corrected chi connectivity index (χ4v) is 2.53. The molecule has 0 fully saturated rings. The number of esters is 1. The van der Waals surface area contributed by atoms with Crippen LogP contribution in [-0.4, -0.2) is 19.0 Å². The van der Waals surface area contributed by atoms with Gasteiger partial charge in [-0.1, -0.05) is 23.8 Å². The van der Waals surface area contributed by atoms with Crippen molar-refractivity contribution in [1.82, 2.24) is 5.32 Å². The highest BCUT2D eigenvalue weighted by molar-refractivity contribution is 5.93. The lowest BCUT2D eigenvalue weighted by atomic mass is 10.1. The molecular weight excluding hydrogens is 334 g/mol. The third-order valence-electron chi connectivity index (χ3n) is 3.93. The van der Waals surface area contributed by atoms with Crippen molar-refractivity contribution in [2.24, 2.45) is 0 Å². The molecule has 6 heteroatoms. The van der Waals surface area contributed by atoms with E-state index in [1.165, 1.54) is 13.2 Å². The van der Waals surface area contributed by atoms with E-state index < -0.39 is 11.9 Å². The molecule has 3 rings (SSSR count). The minimum atomic E-state index is -0.485. The van der Waals surface area contributed by atoms with Gasteiger partial charge in [0.1, 0.15) is 5.58 Å². The van der Waals surface area contributed by atoms with E-state index in [0.29, 0.717) is 16.5 Å². The van der Waals surface area contributed by atoms with Crippen LogP contribution in [0.2, 0.25) is 0 Å². The van der Waals surface area contributed by atoms with Crippen molar-refractivity contribution < 1.29 is 18.7 Å². The van der Waals surface area contributed by atoms with Gasteiger partial charge in [0.2, 0.25) is 0 Å². The molecule has 3 aromatic rings. The minimum Gasteiger partial charge on any atom is -0.465 e. The maximum absolute atomic E-state index is 12.3. The number of hydrogen-bond acceptors (Lipinski definition) is 5. The molecule has 0 aliphatic heterocycles. The van der Waals surface area contributed by atoms with Gasteiger partial charge in [-0.15, -0.1) is 0 Å². The molecule has 1 heterocycles. The molecule has 0 spiro atoms. The molecule has 0 saturated carbocycles. The summed E-state index contributed by atoms with van der Waals surface area (Å²) in [6.45, 7) is 2.11. The van der Waals surface area contributed by atoms with Gasteiger partial charge in [0.25, 0.3) is 5.91 Å². The maximum atomic E-state index is 12.3. The largest absolute Gasteiger partial charge is 0.465 e. The summed E-state index contributed by atoms with van der Waals surface area (Å²) in [5.41, 5.74) is 2.28. The lowest BCUT2D eigenvalue weighted by Gasteiger charge is -2.07. The SMILES string of the molecule is COC(=O)c1ccc(CNC(=O)c2cc(=O)c3cc(C)ccc3o2)cc1. The minimum absolute atomic E-state index is 0.0440. The molecule has 2 aromatic carbocycles. The van der Waals surface area contributed by atoms with E-state index in [-0.39, 0.29) is 17.7 Å². The summed E-state index contributed by atoms with van der Waals surface area (Å²) in [5, 5.41) is 3.14. The first-order valence-electron chi connectivity index (χ1n) is 7.98. The van der Waals surface area contributed by atoms with Crippen LogP contribution in [0.3, 0.4) is 0 Å². The highest BCUT2D eigenvalue weighted by Crippen LogP contribution is 2.14. The number of nitrogens with one attached hydrogen (secondary N) is 1. The summed E-state index contributed by atoms with van der Waals surface area (Å²) in [6.07, 6.45) is 0. The topological polar surface area (TPSA) is 85.6 Å². The van der Waals surface area contributed by atoms with Gasteiger partial charge in [-0.3, -0.25) is 9.59 Å². The van der Waals surface area contributed by atoms with Crippen molar-refractivity contribution in [3.05, 3.63) is 81.2 Å². The zero-order valence-electron chi connectivity index (χ0n) is 14.4. The monoisotopic (exact) mass is 351 g/mol. The number of methoxy groups -OCH3 is 1. The second kappa shape index (κ2) is 7.23. The number of benzene rings is 2. The van der Waals surface area contributed by atoms with Crippen molar-refractivity contribution in [2.75, 3.05) is 7.11 Å². The van der Waals surface area contributed by atoms with Crippen molar-refractivity contribution >= 4 is 22.8 Å². The lowest BCUT2D eigenvalue weighted by Crippen LogP contribution is -2.24. The number of hydrogen-bond donors (Lipinski definition) is 1. The highest BCUT2D eigenvalue weighted by atomic mass is 16.5. The standard InChI is InChI=1S/C20H17NO5/c1-12-3-8-17-15(9-12)16(22)10-18(26-17)19(23)21-11-13-4-6-14(7-5-13)20(24)25-2/h3-10H,11H2,1-2H3,(H,21,23). The second-order valence-corrected chi connectivity index (χ2v) is 5.85. The summed E-state index contributed by atoms with van der Waals surface area (Å²) in [5.74, 6) is -0.951. The normalized spacial score (nSPS) is 10.5. The Morgan fingerprint density at radius 1 is 1.08 bits per heavy atom. The first-order chi connectivity index (χ1) is 12.5. The number of fused-ring (bicyclic) bond motifs is 1. The Bertz CT molecular complexity index is 1030. The van der Waals surface area contributed by atoms with Crippen LogP contribution in [0.1, 0.15) is 32.0 Å². The lowest BCUT2D eigenvalue weighted by molar-refractivity contribution is 0.0600. The molecule has 26 heavy (non-hydrogen) atoms. The highest BCUT2D eigenvalue weighted by Gasteiger charge is 2.12. The Morgan fingerprint density at radius 2 is 1.81 bits per heavy atom. The molecule has 0 bridgehead atoms. The number of carbonyl (C=O) groups is 2. The average molecular weight is 351 g/mol. The average Bonchev–Trinajstić information content (AvgIpc) is 2.66. The van der Waals surface area contributed by atoms with Gasteiger partial charge in [-0.25, -0.2) is 4.79 Å². The second-order valence-electron chi connectivity index (χ2n) is 5.85. The first kappa shape index (κ1) is 17.4. The molecule has 1 aromatic heterocycles. The smallest absolute Gasteiger partial charge is 0.337 e. The van der Waals surface area contributed by atoms with E-state index in [1.54, 1.807) is 36.4 Å². The molecule has 132 valence electrons. The van der Waals surface area contributed by atoms with Crippen LogP contribution < -0.4 is 10.7 Å². The van der Waals surface area contributed by atoms with Gasteiger partial charge in [0, 0.05) is 12.6 Å². The predicted octanol–water partition coefficient (Wildman–Crippen LogP) is 2.82. The summed E-state index contributed by atoms with van der Waals surface area (Å²) in [6, 6.07) is 13.1. The number of amides is 1. The van der Waals surface area contributed by atoms with Crippen LogP contribution in [-0.2, 0) is 11.3 Å². The molecule has 0 unspecified atom stereocenters. The van der Waals surface area contributed by atoms with E-state index in [2.05, 4.69) is 10.1 Å². The van der Waals surface area contributed by atoms with E-state index in [9.17, 15) is 14.4 Å². The molecule has 6 nitrogen and oxygen atoms in total. The van der Waals surface area contributed by atoms with Crippen molar-refractivity contribution in [2.45, 2.75) is 13.5 Å². The number of carbonyl (C=O) groups excluding carboxylic acids is 2. The Morgan fingerprint density at radius 3 is 2.50 bits per heavy atom. The van der Waals surface area contributed by atoms with Gasteiger partial charge in [0.05, 0.1) is 18.1 Å². The summed E-state index contributed by atoms with van der Waals surface area (Å²) in [7, 11) is 1.31. The van der Waals surface area contributed by atoms with Crippen molar-refractivity contribution in [1.29, 1.82) is 0 Å². The third-order valence-corrected chi connectivity index (χ3v) is 3.93. The van der Waals surface area contributed by atoms with Crippen LogP contribution >= 0.6 is 0 Å². The van der Waals surface area contributed by atoms with Crippen LogP contribution in [0.15, 0.2) is 57.7 Å². The van der Waals surface area contributed by atoms with Gasteiger partial charge < -0.3 is 14.5 Å². The fourth-order valence-electron chi connectivity index (χ4n) is 2.53. The zero-order valence-corrected chi connectivity index (χ0v) is 14.4. The molecule has 1 N–H and O–H groups in total. The Kier molecular flexibility index (Phi) is 4.84. The van der Waals surface area contributed by atoms with Crippen molar-refractivity contribution in [3.8, 4) is 0 Å². The van der Waals surface area contributed by atoms with Crippen molar-refractivity contribution in [3.63, 3.8) is 0 Å². The molecule has 0 aliphatic carbocycles. The van der Waals surface area contributed by atoms with E-state index in [1.807, 2.05) is 13.0 Å². The number of rotatable bonds is 4. The van der Waals surface area contributed by atoms with Crippen LogP contribution in [0.4, 0.5) is 0 Å². The summed E-state index contributed by atoms with van der Waals surface area (Å²) in [4.78, 5) is 35.9. The first-order valence-corrected chi connectivity index (χ1v) is 7.98. The fraction of sp³-hybridized carbons (Fsp3) is 0.150. The van der Waals surface area contributed by atoms with Gasteiger partial charge in [-0.2, -0.15) is 0 Å². The Labute approximate surface area is 149 Å². The van der Waals surface area contributed by atoms with E-state index in [4.69, 9.17) is 4.42 Å². The van der Waals surface area contributed by atoms with E-state index >= 15 is 0 Å². The van der Waals surface area contributed by atoms with Crippen LogP contribution in [0.25, 0.3) is 11.0 Å². The Balaban J connectivity index is 1.74. The van der Waals surface area contributed by atoms with Crippen LogP contribution in [0, 0.1) is 6.92 Å². The third kappa shape index (κ3) is 3.64. The van der Waals surface area contributed by atoms with E-state index in [0.717, 1.165) is 11.1 Å². The number of aryl methyl sites for hydroxylation is 1. The summed E-state index contributed by atoms with van der Waals surface area (Å²) >= 11 is 0. The predicted molar refractivity (Wildman–Crippen MR) is 96.2 cm³/mol.